The van der Waals surface area contributed by atoms with Gasteiger partial charge in [-0.2, -0.15) is 0 Å². The molecule has 0 aromatic rings. The average molecular weight is 192 g/mol. The lowest BCUT2D eigenvalue weighted by molar-refractivity contribution is 0.352. The lowest BCUT2D eigenvalue weighted by Gasteiger charge is -2.06. The molecule has 8 nitrogen and oxygen atoms in total. The van der Waals surface area contributed by atoms with E-state index in [1.807, 2.05) is 0 Å². The van der Waals surface area contributed by atoms with Crippen LogP contribution in [0.4, 0.5) is 0 Å². The largest absolute Gasteiger partial charge is 0.759 e. The van der Waals surface area contributed by atoms with Crippen LogP contribution in [0.2, 0.25) is 0 Å². The van der Waals surface area contributed by atoms with E-state index >= 15 is 0 Å². The molecule has 0 aromatic carbocycles. The topological polar surface area (TPSA) is 163 Å². The number of hydrogen-bond donors (Lipinski definition) is 1. The first-order valence-electron chi connectivity index (χ1n) is 1.40. The van der Waals surface area contributed by atoms with Crippen LogP contribution in [-0.2, 0) is 20.7 Å². The fourth-order valence-corrected chi connectivity index (χ4v) is 0. The molecular weight excluding hydrogens is 190 g/mol. The average Bonchev–Trinajstić information content (AvgIpc) is 1.12. The van der Waals surface area contributed by atoms with Gasteiger partial charge < -0.3 is 13.7 Å². The zero-order valence-corrected chi connectivity index (χ0v) is 5.88. The monoisotopic (exact) mass is 192 g/mol. The minimum absolute atomic E-state index is 3.77. The molecule has 2 N–H and O–H groups in total. The van der Waals surface area contributed by atoms with E-state index in [0.717, 1.165) is 0 Å². The van der Waals surface area contributed by atoms with Gasteiger partial charge in [0.15, 0.2) is 10.3 Å². The van der Waals surface area contributed by atoms with E-state index in [9.17, 15) is 0 Å². The third-order valence-corrected chi connectivity index (χ3v) is 0. The standard InChI is InChI=1S/H3NO3S.H2O4S/c2*1-5(2,3)4/h(H3,1,2,3,4);(H2,1,2,3,4)/p-3. The Morgan fingerprint density at radius 2 is 0.900 bits per heavy atom. The predicted octanol–water partition coefficient (Wildman–Crippen LogP) is -2.93. The summed E-state index contributed by atoms with van der Waals surface area (Å²) in [5, 5.41) is 3.77. The highest BCUT2D eigenvalue weighted by atomic mass is 32.3. The van der Waals surface area contributed by atoms with Gasteiger partial charge in [0.2, 0.25) is 0 Å². The van der Waals surface area contributed by atoms with Gasteiger partial charge in [-0.25, -0.2) is 13.6 Å². The summed E-state index contributed by atoms with van der Waals surface area (Å²) >= 11 is 0. The summed E-state index contributed by atoms with van der Waals surface area (Å²) in [5.74, 6) is 0. The van der Waals surface area contributed by atoms with Crippen molar-refractivity contribution in [3.63, 3.8) is 0 Å². The molecule has 64 valence electrons. The van der Waals surface area contributed by atoms with Crippen molar-refractivity contribution in [3.8, 4) is 0 Å². The molecule has 10 heavy (non-hydrogen) atoms. The Morgan fingerprint density at radius 1 is 0.900 bits per heavy atom. The summed E-state index contributed by atoms with van der Waals surface area (Å²) in [4.78, 5) is 0. The van der Waals surface area contributed by atoms with E-state index in [1.54, 1.807) is 0 Å². The molecule has 0 amide bonds. The quantitative estimate of drug-likeness (QED) is 0.317. The third kappa shape index (κ3) is 5200. The van der Waals surface area contributed by atoms with Gasteiger partial charge in [0.05, 0.1) is 0 Å². The van der Waals surface area contributed by atoms with E-state index in [0.29, 0.717) is 0 Å². The fraction of sp³-hybridized carbons (Fsp3) is 0. The molecule has 10 heteroatoms. The molecule has 0 bridgehead atoms. The van der Waals surface area contributed by atoms with E-state index in [2.05, 4.69) is 5.14 Å². The molecule has 0 heterocycles. The van der Waals surface area contributed by atoms with Crippen LogP contribution < -0.4 is 5.14 Å². The summed E-state index contributed by atoms with van der Waals surface area (Å²) < 4.78 is 60.6. The SMILES string of the molecule is NS(=O)(=O)[O-].O=S(=O)([O-])[O-]. The molecule has 0 atom stereocenters. The van der Waals surface area contributed by atoms with Gasteiger partial charge in [0.1, 0.15) is 0 Å². The highest BCUT2D eigenvalue weighted by Crippen LogP contribution is 1.57. The Hall–Kier alpha value is -0.260. The highest BCUT2D eigenvalue weighted by Gasteiger charge is 1.64. The van der Waals surface area contributed by atoms with Gasteiger partial charge in [-0.15, -0.1) is 0 Å². The molecule has 0 fully saturated rings. The minimum atomic E-state index is -5.17. The number of hydrogen-bond acceptors (Lipinski definition) is 7. The van der Waals surface area contributed by atoms with Crippen molar-refractivity contribution in [2.45, 2.75) is 0 Å². The molecule has 0 aromatic heterocycles. The fourth-order valence-electron chi connectivity index (χ4n) is 0. The molecule has 0 unspecified atom stereocenters. The highest BCUT2D eigenvalue weighted by molar-refractivity contribution is 7.83. The molecule has 0 saturated carbocycles. The molecular formula is H2NO7S2-3. The van der Waals surface area contributed by atoms with Crippen LogP contribution in [0.1, 0.15) is 0 Å². The van der Waals surface area contributed by atoms with Crippen LogP contribution in [0.15, 0.2) is 0 Å². The van der Waals surface area contributed by atoms with Gasteiger partial charge in [0.25, 0.3) is 0 Å². The Labute approximate surface area is 57.1 Å². The molecule has 0 spiro atoms. The van der Waals surface area contributed by atoms with Crippen molar-refractivity contribution in [1.29, 1.82) is 0 Å². The lowest BCUT2D eigenvalue weighted by Crippen LogP contribution is -2.08. The van der Waals surface area contributed by atoms with Crippen LogP contribution in [-0.4, -0.2) is 30.5 Å². The molecule has 0 rings (SSSR count). The summed E-state index contributed by atoms with van der Waals surface area (Å²) in [7, 11) is -9.58. The van der Waals surface area contributed by atoms with Gasteiger partial charge in [-0.1, -0.05) is 0 Å². The second-order valence-electron chi connectivity index (χ2n) is 0.901. The Balaban J connectivity index is 0. The van der Waals surface area contributed by atoms with Crippen molar-refractivity contribution >= 4 is 20.7 Å². The van der Waals surface area contributed by atoms with E-state index in [-0.39, 0.29) is 0 Å². The molecule has 0 saturated heterocycles. The molecule has 0 aliphatic rings. The summed E-state index contributed by atoms with van der Waals surface area (Å²) in [6.07, 6.45) is 0. The van der Waals surface area contributed by atoms with Crippen molar-refractivity contribution in [2.75, 3.05) is 0 Å². The normalized spacial score (nSPS) is 11.6. The van der Waals surface area contributed by atoms with Crippen LogP contribution in [0.5, 0.6) is 0 Å². The maximum Gasteiger partial charge on any atom is 0.156 e. The second-order valence-corrected chi connectivity index (χ2v) is 2.70. The minimum Gasteiger partial charge on any atom is -0.759 e. The van der Waals surface area contributed by atoms with Crippen LogP contribution in [0, 0.1) is 0 Å². The van der Waals surface area contributed by atoms with Gasteiger partial charge in [0, 0.05) is 10.4 Å². The Kier molecular flexibility index (Phi) is 4.72. The Bertz CT molecular complexity index is 208. The second kappa shape index (κ2) is 3.80. The predicted molar refractivity (Wildman–Crippen MR) is 24.4 cm³/mol. The van der Waals surface area contributed by atoms with Gasteiger partial charge in [-0.3, -0.25) is 8.42 Å². The zero-order valence-electron chi connectivity index (χ0n) is 4.25. The molecule has 0 aliphatic carbocycles. The maximum absolute atomic E-state index is 8.85. The van der Waals surface area contributed by atoms with Crippen LogP contribution in [0.3, 0.4) is 0 Å². The van der Waals surface area contributed by atoms with E-state index < -0.39 is 20.7 Å². The number of nitrogens with two attached hydrogens (primary N) is 1. The van der Waals surface area contributed by atoms with Crippen molar-refractivity contribution in [3.05, 3.63) is 0 Å². The van der Waals surface area contributed by atoms with Crippen molar-refractivity contribution in [2.24, 2.45) is 5.14 Å². The van der Waals surface area contributed by atoms with Gasteiger partial charge in [-0.05, 0) is 0 Å². The van der Waals surface area contributed by atoms with E-state index in [1.165, 1.54) is 0 Å². The van der Waals surface area contributed by atoms with Gasteiger partial charge >= 0.3 is 0 Å². The van der Waals surface area contributed by atoms with Crippen LogP contribution in [0.25, 0.3) is 0 Å². The van der Waals surface area contributed by atoms with Crippen molar-refractivity contribution < 1.29 is 30.5 Å². The first-order valence-corrected chi connectivity index (χ1v) is 4.21. The smallest absolute Gasteiger partial charge is 0.156 e. The maximum atomic E-state index is 8.85. The van der Waals surface area contributed by atoms with Crippen LogP contribution >= 0.6 is 0 Å². The van der Waals surface area contributed by atoms with Crippen molar-refractivity contribution in [1.82, 2.24) is 0 Å². The first-order chi connectivity index (χ1) is 4.00. The summed E-state index contributed by atoms with van der Waals surface area (Å²) in [5.41, 5.74) is 0. The lowest BCUT2D eigenvalue weighted by atomic mass is 13.9. The third-order valence-electron chi connectivity index (χ3n) is 0. The van der Waals surface area contributed by atoms with E-state index in [4.69, 9.17) is 30.5 Å². The molecule has 0 radical (unpaired) electrons. The Morgan fingerprint density at radius 3 is 0.900 bits per heavy atom. The number of rotatable bonds is 0. The summed E-state index contributed by atoms with van der Waals surface area (Å²) in [6.45, 7) is 0. The summed E-state index contributed by atoms with van der Waals surface area (Å²) in [6, 6.07) is 0. The first kappa shape index (κ1) is 12.4. The molecule has 0 aliphatic heterocycles. The zero-order chi connectivity index (χ0) is 9.00.